The number of amides is 1. The first-order valence-electron chi connectivity index (χ1n) is 11.5. The fourth-order valence-electron chi connectivity index (χ4n) is 4.49. The smallest absolute Gasteiger partial charge is 0.338 e. The van der Waals surface area contributed by atoms with Crippen LogP contribution in [-0.4, -0.2) is 44.3 Å². The Bertz CT molecular complexity index is 1110. The van der Waals surface area contributed by atoms with Gasteiger partial charge in [0.15, 0.2) is 6.61 Å². The molecule has 2 aromatic carbocycles. The molecule has 1 amide bonds. The van der Waals surface area contributed by atoms with E-state index in [1.165, 1.54) is 34.1 Å². The van der Waals surface area contributed by atoms with E-state index in [2.05, 4.69) is 18.3 Å². The molecule has 1 aliphatic carbocycles. The Morgan fingerprint density at radius 1 is 1.03 bits per heavy atom. The van der Waals surface area contributed by atoms with E-state index in [1.54, 1.807) is 0 Å². The number of nitrogens with one attached hydrogen (secondary N) is 1. The molecule has 8 heteroatoms. The Kier molecular flexibility index (Phi) is 7.14. The lowest BCUT2D eigenvalue weighted by Gasteiger charge is -2.29. The summed E-state index contributed by atoms with van der Waals surface area (Å²) in [6.45, 7) is 2.75. The largest absolute Gasteiger partial charge is 0.452 e. The fourth-order valence-corrected chi connectivity index (χ4v) is 5.96. The van der Waals surface area contributed by atoms with Gasteiger partial charge in [0.1, 0.15) is 0 Å². The van der Waals surface area contributed by atoms with Crippen molar-refractivity contribution in [2.45, 2.75) is 50.0 Å². The lowest BCUT2D eigenvalue weighted by Crippen LogP contribution is -2.37. The number of carbonyl (C=O) groups excluding carboxylic acids is 2. The monoisotopic (exact) mass is 470 g/mol. The number of sulfonamides is 1. The van der Waals surface area contributed by atoms with Crippen LogP contribution in [0.25, 0.3) is 0 Å². The lowest BCUT2D eigenvalue weighted by molar-refractivity contribution is -0.125. The van der Waals surface area contributed by atoms with Gasteiger partial charge in [-0.15, -0.1) is 0 Å². The number of hydrogen-bond acceptors (Lipinski definition) is 5. The molecule has 0 aromatic heterocycles. The van der Waals surface area contributed by atoms with E-state index >= 15 is 0 Å². The van der Waals surface area contributed by atoms with Gasteiger partial charge in [-0.1, -0.05) is 31.2 Å². The van der Waals surface area contributed by atoms with E-state index in [9.17, 15) is 18.0 Å². The van der Waals surface area contributed by atoms with Gasteiger partial charge in [-0.25, -0.2) is 13.2 Å². The zero-order valence-corrected chi connectivity index (χ0v) is 19.6. The molecular formula is C25H30N2O5S. The molecule has 0 spiro atoms. The fraction of sp³-hybridized carbons (Fsp3) is 0.440. The van der Waals surface area contributed by atoms with Gasteiger partial charge in [-0.3, -0.25) is 4.79 Å². The summed E-state index contributed by atoms with van der Waals surface area (Å²) in [5.41, 5.74) is 2.56. The van der Waals surface area contributed by atoms with Crippen molar-refractivity contribution >= 4 is 21.9 Å². The van der Waals surface area contributed by atoms with Crippen molar-refractivity contribution in [3.63, 3.8) is 0 Å². The molecule has 2 aromatic rings. The number of benzene rings is 2. The van der Waals surface area contributed by atoms with E-state index in [0.717, 1.165) is 37.7 Å². The Labute approximate surface area is 195 Å². The zero-order chi connectivity index (χ0) is 23.4. The van der Waals surface area contributed by atoms with Gasteiger partial charge in [0.2, 0.25) is 10.0 Å². The first-order valence-corrected chi connectivity index (χ1v) is 12.9. The summed E-state index contributed by atoms with van der Waals surface area (Å²) < 4.78 is 32.3. The second-order valence-corrected chi connectivity index (χ2v) is 10.8. The molecule has 0 radical (unpaired) electrons. The van der Waals surface area contributed by atoms with Crippen LogP contribution in [0.1, 0.15) is 60.1 Å². The summed E-state index contributed by atoms with van der Waals surface area (Å²) >= 11 is 0. The van der Waals surface area contributed by atoms with Crippen LogP contribution in [0.5, 0.6) is 0 Å². The van der Waals surface area contributed by atoms with Gasteiger partial charge in [0.05, 0.1) is 16.5 Å². The third-order valence-electron chi connectivity index (χ3n) is 6.51. The molecule has 0 saturated carbocycles. The average Bonchev–Trinajstić information content (AvgIpc) is 2.83. The number of nitrogens with zero attached hydrogens (tertiary/aromatic N) is 1. The Hall–Kier alpha value is -2.71. The molecule has 2 aliphatic rings. The summed E-state index contributed by atoms with van der Waals surface area (Å²) in [4.78, 5) is 24.9. The normalized spacial score (nSPS) is 19.5. The van der Waals surface area contributed by atoms with Gasteiger partial charge in [0, 0.05) is 13.1 Å². The average molecular weight is 471 g/mol. The molecule has 7 nitrogen and oxygen atoms in total. The third-order valence-corrected chi connectivity index (χ3v) is 8.42. The summed E-state index contributed by atoms with van der Waals surface area (Å²) in [7, 11) is -3.58. The number of fused-ring (bicyclic) bond motifs is 1. The number of piperidine rings is 1. The first kappa shape index (κ1) is 23.4. The minimum atomic E-state index is -3.58. The predicted octanol–water partition coefficient (Wildman–Crippen LogP) is 3.46. The van der Waals surface area contributed by atoms with E-state index in [1.807, 2.05) is 18.2 Å². The minimum Gasteiger partial charge on any atom is -0.452 e. The van der Waals surface area contributed by atoms with Crippen LogP contribution in [0.4, 0.5) is 0 Å². The second kappa shape index (κ2) is 10.1. The van der Waals surface area contributed by atoms with E-state index < -0.39 is 16.0 Å². The van der Waals surface area contributed by atoms with Crippen LogP contribution in [0.15, 0.2) is 53.4 Å². The van der Waals surface area contributed by atoms with Crippen molar-refractivity contribution < 1.29 is 22.7 Å². The highest BCUT2D eigenvalue weighted by Crippen LogP contribution is 2.29. The SMILES string of the molecule is CC1CCN(S(=O)(=O)c2ccc(C(=O)OCC(=O)NC3CCCc4ccccc43)cc2)CC1. The Balaban J connectivity index is 1.31. The zero-order valence-electron chi connectivity index (χ0n) is 18.8. The van der Waals surface area contributed by atoms with Crippen molar-refractivity contribution in [2.75, 3.05) is 19.7 Å². The predicted molar refractivity (Wildman–Crippen MR) is 124 cm³/mol. The molecule has 1 atom stereocenters. The van der Waals surface area contributed by atoms with Crippen LogP contribution in [0.3, 0.4) is 0 Å². The second-order valence-electron chi connectivity index (χ2n) is 8.90. The number of carbonyl (C=O) groups is 2. The minimum absolute atomic E-state index is 0.0802. The molecular weight excluding hydrogens is 440 g/mol. The third kappa shape index (κ3) is 5.45. The van der Waals surface area contributed by atoms with Crippen molar-refractivity contribution in [1.29, 1.82) is 0 Å². The Morgan fingerprint density at radius 2 is 1.73 bits per heavy atom. The molecule has 4 rings (SSSR count). The van der Waals surface area contributed by atoms with Gasteiger partial charge in [0.25, 0.3) is 5.91 Å². The van der Waals surface area contributed by atoms with Crippen LogP contribution in [0.2, 0.25) is 0 Å². The van der Waals surface area contributed by atoms with Gasteiger partial charge in [-0.05, 0) is 73.4 Å². The highest BCUT2D eigenvalue weighted by Gasteiger charge is 2.28. The van der Waals surface area contributed by atoms with Crippen LogP contribution in [-0.2, 0) is 26.0 Å². The topological polar surface area (TPSA) is 92.8 Å². The standard InChI is InChI=1S/C25H30N2O5S/c1-18-13-15-27(16-14-18)33(30,31)21-11-9-20(10-12-21)25(29)32-17-24(28)26-23-8-4-6-19-5-2-3-7-22(19)23/h2-3,5,7,9-12,18,23H,4,6,8,13-17H2,1H3,(H,26,28). The van der Waals surface area contributed by atoms with E-state index in [-0.39, 0.29) is 29.0 Å². The van der Waals surface area contributed by atoms with E-state index in [0.29, 0.717) is 19.0 Å². The highest BCUT2D eigenvalue weighted by atomic mass is 32.2. The van der Waals surface area contributed by atoms with E-state index in [4.69, 9.17) is 4.74 Å². The van der Waals surface area contributed by atoms with Crippen molar-refractivity contribution in [1.82, 2.24) is 9.62 Å². The van der Waals surface area contributed by atoms with Crippen molar-refractivity contribution in [3.8, 4) is 0 Å². The molecule has 1 heterocycles. The number of ether oxygens (including phenoxy) is 1. The molecule has 33 heavy (non-hydrogen) atoms. The van der Waals surface area contributed by atoms with Gasteiger partial charge < -0.3 is 10.1 Å². The molecule has 1 N–H and O–H groups in total. The maximum Gasteiger partial charge on any atom is 0.338 e. The number of rotatable bonds is 6. The lowest BCUT2D eigenvalue weighted by atomic mass is 9.88. The highest BCUT2D eigenvalue weighted by molar-refractivity contribution is 7.89. The van der Waals surface area contributed by atoms with Gasteiger partial charge in [-0.2, -0.15) is 4.31 Å². The van der Waals surface area contributed by atoms with Crippen molar-refractivity contribution in [3.05, 3.63) is 65.2 Å². The maximum atomic E-state index is 12.8. The number of esters is 1. The summed E-state index contributed by atoms with van der Waals surface area (Å²) in [6.07, 6.45) is 4.53. The summed E-state index contributed by atoms with van der Waals surface area (Å²) in [5.74, 6) is -0.493. The first-order chi connectivity index (χ1) is 15.8. The van der Waals surface area contributed by atoms with Crippen LogP contribution >= 0.6 is 0 Å². The Morgan fingerprint density at radius 3 is 2.45 bits per heavy atom. The number of aryl methyl sites for hydroxylation is 1. The summed E-state index contributed by atoms with van der Waals surface area (Å²) in [5, 5.41) is 2.95. The molecule has 1 unspecified atom stereocenters. The quantitative estimate of drug-likeness (QED) is 0.653. The van der Waals surface area contributed by atoms with Crippen LogP contribution < -0.4 is 5.32 Å². The molecule has 176 valence electrons. The molecule has 1 fully saturated rings. The van der Waals surface area contributed by atoms with Gasteiger partial charge >= 0.3 is 5.97 Å². The molecule has 1 saturated heterocycles. The van der Waals surface area contributed by atoms with Crippen LogP contribution in [0, 0.1) is 5.92 Å². The summed E-state index contributed by atoms with van der Waals surface area (Å²) in [6, 6.07) is 13.7. The van der Waals surface area contributed by atoms with Crippen molar-refractivity contribution in [2.24, 2.45) is 5.92 Å². The maximum absolute atomic E-state index is 12.8. The molecule has 0 bridgehead atoms. The molecule has 1 aliphatic heterocycles. The number of hydrogen-bond donors (Lipinski definition) is 1.